The number of hydrogen-bond acceptors (Lipinski definition) is 1. The van der Waals surface area contributed by atoms with Crippen molar-refractivity contribution in [3.63, 3.8) is 0 Å². The zero-order chi connectivity index (χ0) is 30.9. The quantitative estimate of drug-likeness (QED) is 0.185. The van der Waals surface area contributed by atoms with E-state index in [0.717, 1.165) is 21.9 Å². The third-order valence-corrected chi connectivity index (χ3v) is 9.79. The first-order chi connectivity index (χ1) is 23.3. The van der Waals surface area contributed by atoms with Gasteiger partial charge in [0.25, 0.3) is 0 Å². The molecule has 0 amide bonds. The van der Waals surface area contributed by atoms with Gasteiger partial charge in [0.1, 0.15) is 11.2 Å². The van der Waals surface area contributed by atoms with E-state index >= 15 is 0 Å². The lowest BCUT2D eigenvalue weighted by atomic mass is 9.85. The monoisotopic (exact) mass is 596 g/mol. The van der Waals surface area contributed by atoms with Gasteiger partial charge in [0, 0.05) is 10.8 Å². The van der Waals surface area contributed by atoms with Crippen LogP contribution in [0.2, 0.25) is 0 Å². The van der Waals surface area contributed by atoms with Crippen LogP contribution in [0.3, 0.4) is 0 Å². The molecule has 0 atom stereocenters. The minimum atomic E-state index is 0.912. The largest absolute Gasteiger partial charge is 0.456 e. The van der Waals surface area contributed by atoms with Crippen LogP contribution in [-0.2, 0) is 0 Å². The summed E-state index contributed by atoms with van der Waals surface area (Å²) >= 11 is 0. The van der Waals surface area contributed by atoms with E-state index in [1.165, 1.54) is 76.5 Å². The van der Waals surface area contributed by atoms with Crippen LogP contribution < -0.4 is 0 Å². The SMILES string of the molecule is c1cc(-c2ccc3ccccc3c2)cc(-c2c3ccccc3c(-c3ccc4oc5cc6ccccc6cc5c4c3)c3ccccc23)c1. The van der Waals surface area contributed by atoms with E-state index in [1.54, 1.807) is 0 Å². The predicted molar refractivity (Wildman–Crippen MR) is 200 cm³/mol. The van der Waals surface area contributed by atoms with Gasteiger partial charge in [0.05, 0.1) is 0 Å². The molecule has 0 unspecified atom stereocenters. The molecule has 0 fully saturated rings. The maximum atomic E-state index is 6.37. The summed E-state index contributed by atoms with van der Waals surface area (Å²) in [6.07, 6.45) is 0. The number of rotatable bonds is 3. The average Bonchev–Trinajstić information content (AvgIpc) is 3.49. The zero-order valence-corrected chi connectivity index (χ0v) is 25.6. The summed E-state index contributed by atoms with van der Waals surface area (Å²) in [6.45, 7) is 0. The van der Waals surface area contributed by atoms with Gasteiger partial charge in [-0.15, -0.1) is 0 Å². The maximum absolute atomic E-state index is 6.37. The highest BCUT2D eigenvalue weighted by atomic mass is 16.3. The summed E-state index contributed by atoms with van der Waals surface area (Å²) in [7, 11) is 0. The Morgan fingerprint density at radius 1 is 0.255 bits per heavy atom. The summed E-state index contributed by atoms with van der Waals surface area (Å²) in [6, 6.07) is 61.7. The van der Waals surface area contributed by atoms with Crippen molar-refractivity contribution < 1.29 is 4.42 Å². The number of benzene rings is 9. The predicted octanol–water partition coefficient (Wildman–Crippen LogP) is 13.2. The minimum Gasteiger partial charge on any atom is -0.456 e. The normalized spacial score (nSPS) is 11.8. The lowest BCUT2D eigenvalue weighted by Crippen LogP contribution is -1.91. The van der Waals surface area contributed by atoms with Gasteiger partial charge in [0.2, 0.25) is 0 Å². The molecule has 10 aromatic rings. The van der Waals surface area contributed by atoms with Crippen molar-refractivity contribution in [1.29, 1.82) is 0 Å². The smallest absolute Gasteiger partial charge is 0.136 e. The van der Waals surface area contributed by atoms with Gasteiger partial charge in [-0.2, -0.15) is 0 Å². The standard InChI is InChI=1S/C46H28O/c1-2-11-30-24-34(21-20-29(30)10-1)31-14-9-15-35(25-31)45-37-16-5-7-18-39(37)46(40-19-8-6-17-38(40)45)36-22-23-43-41(27-36)42-26-32-12-3-4-13-33(32)28-44(42)47-43/h1-28H. The van der Waals surface area contributed by atoms with Gasteiger partial charge in [-0.1, -0.05) is 133 Å². The topological polar surface area (TPSA) is 13.1 Å². The van der Waals surface area contributed by atoms with Gasteiger partial charge in [-0.3, -0.25) is 0 Å². The molecule has 10 rings (SSSR count). The first kappa shape index (κ1) is 26.1. The Morgan fingerprint density at radius 2 is 0.745 bits per heavy atom. The number of furan rings is 1. The molecular weight excluding hydrogens is 569 g/mol. The van der Waals surface area contributed by atoms with Crippen LogP contribution in [0.5, 0.6) is 0 Å². The minimum absolute atomic E-state index is 0.912. The van der Waals surface area contributed by atoms with Crippen molar-refractivity contribution >= 4 is 65.0 Å². The Bertz CT molecular complexity index is 2800. The van der Waals surface area contributed by atoms with E-state index in [0.29, 0.717) is 0 Å². The first-order valence-electron chi connectivity index (χ1n) is 16.2. The van der Waals surface area contributed by atoms with Gasteiger partial charge in [-0.25, -0.2) is 0 Å². The molecule has 0 N–H and O–H groups in total. The number of fused-ring (bicyclic) bond motifs is 7. The molecule has 1 aromatic heterocycles. The van der Waals surface area contributed by atoms with E-state index in [-0.39, 0.29) is 0 Å². The van der Waals surface area contributed by atoms with E-state index in [4.69, 9.17) is 4.42 Å². The lowest BCUT2D eigenvalue weighted by Gasteiger charge is -2.18. The highest BCUT2D eigenvalue weighted by Crippen LogP contribution is 2.45. The van der Waals surface area contributed by atoms with Gasteiger partial charge in [-0.05, 0) is 113 Å². The molecule has 0 aliphatic rings. The molecule has 0 saturated heterocycles. The average molecular weight is 597 g/mol. The van der Waals surface area contributed by atoms with Crippen LogP contribution in [0.4, 0.5) is 0 Å². The van der Waals surface area contributed by atoms with Crippen molar-refractivity contribution in [3.05, 3.63) is 170 Å². The van der Waals surface area contributed by atoms with Crippen molar-refractivity contribution in [2.45, 2.75) is 0 Å². The Balaban J connectivity index is 1.21. The van der Waals surface area contributed by atoms with Crippen molar-refractivity contribution in [2.24, 2.45) is 0 Å². The highest BCUT2D eigenvalue weighted by Gasteiger charge is 2.18. The van der Waals surface area contributed by atoms with E-state index in [2.05, 4.69) is 170 Å². The van der Waals surface area contributed by atoms with Gasteiger partial charge < -0.3 is 4.42 Å². The molecule has 9 aromatic carbocycles. The molecule has 1 heteroatoms. The Hall–Kier alpha value is -6.18. The summed E-state index contributed by atoms with van der Waals surface area (Å²) in [5, 5.41) is 12.2. The van der Waals surface area contributed by atoms with E-state index < -0.39 is 0 Å². The third kappa shape index (κ3) is 4.10. The molecule has 0 aliphatic carbocycles. The fourth-order valence-electron chi connectivity index (χ4n) is 7.59. The van der Waals surface area contributed by atoms with E-state index in [9.17, 15) is 0 Å². The van der Waals surface area contributed by atoms with Crippen LogP contribution >= 0.6 is 0 Å². The Morgan fingerprint density at radius 3 is 1.43 bits per heavy atom. The van der Waals surface area contributed by atoms with E-state index in [1.807, 2.05) is 0 Å². The molecular formula is C46H28O. The summed E-state index contributed by atoms with van der Waals surface area (Å²) in [5.41, 5.74) is 9.21. The van der Waals surface area contributed by atoms with Crippen LogP contribution in [-0.4, -0.2) is 0 Å². The van der Waals surface area contributed by atoms with Crippen molar-refractivity contribution in [3.8, 4) is 33.4 Å². The molecule has 0 radical (unpaired) electrons. The van der Waals surface area contributed by atoms with Crippen LogP contribution in [0.1, 0.15) is 0 Å². The second-order valence-corrected chi connectivity index (χ2v) is 12.5. The fraction of sp³-hybridized carbons (Fsp3) is 0. The van der Waals surface area contributed by atoms with Crippen molar-refractivity contribution in [1.82, 2.24) is 0 Å². The first-order valence-corrected chi connectivity index (χ1v) is 16.2. The lowest BCUT2D eigenvalue weighted by molar-refractivity contribution is 0.669. The molecule has 1 nitrogen and oxygen atoms in total. The zero-order valence-electron chi connectivity index (χ0n) is 25.6. The molecule has 0 aliphatic heterocycles. The van der Waals surface area contributed by atoms with Gasteiger partial charge >= 0.3 is 0 Å². The molecule has 0 saturated carbocycles. The number of hydrogen-bond donors (Lipinski definition) is 0. The summed E-state index contributed by atoms with van der Waals surface area (Å²) < 4.78 is 6.37. The molecule has 47 heavy (non-hydrogen) atoms. The second kappa shape index (κ2) is 10.2. The third-order valence-electron chi connectivity index (χ3n) is 9.79. The van der Waals surface area contributed by atoms with Gasteiger partial charge in [0.15, 0.2) is 0 Å². The maximum Gasteiger partial charge on any atom is 0.136 e. The Labute approximate surface area is 271 Å². The highest BCUT2D eigenvalue weighted by molar-refractivity contribution is 6.22. The van der Waals surface area contributed by atoms with Crippen LogP contribution in [0, 0.1) is 0 Å². The molecule has 1 heterocycles. The fourth-order valence-corrected chi connectivity index (χ4v) is 7.59. The molecule has 0 spiro atoms. The summed E-state index contributed by atoms with van der Waals surface area (Å²) in [4.78, 5) is 0. The van der Waals surface area contributed by atoms with Crippen LogP contribution in [0.15, 0.2) is 174 Å². The van der Waals surface area contributed by atoms with Crippen LogP contribution in [0.25, 0.3) is 98.4 Å². The molecule has 0 bridgehead atoms. The molecule has 218 valence electrons. The summed E-state index contributed by atoms with van der Waals surface area (Å²) in [5.74, 6) is 0. The second-order valence-electron chi connectivity index (χ2n) is 12.5. The Kier molecular flexibility index (Phi) is 5.64. The van der Waals surface area contributed by atoms with Crippen molar-refractivity contribution in [2.75, 3.05) is 0 Å².